The quantitative estimate of drug-likeness (QED) is 0.875. The number of halogens is 2. The Morgan fingerprint density at radius 3 is 2.75 bits per heavy atom. The number of para-hydroxylation sites is 1. The summed E-state index contributed by atoms with van der Waals surface area (Å²) < 4.78 is 18.0. The fourth-order valence-corrected chi connectivity index (χ4v) is 1.21. The molecule has 0 bridgehead atoms. The monoisotopic (exact) mass is 239 g/mol. The third-order valence-electron chi connectivity index (χ3n) is 1.79. The Balaban J connectivity index is 2.28. The SMILES string of the molecule is Nc1nc(Oc2ccccc2Cl)ncc1F. The first-order chi connectivity index (χ1) is 7.66. The topological polar surface area (TPSA) is 61.0 Å². The number of aromatic nitrogens is 2. The molecule has 6 heteroatoms. The maximum absolute atomic E-state index is 12.8. The van der Waals surface area contributed by atoms with Gasteiger partial charge in [0, 0.05) is 0 Å². The Labute approximate surface area is 95.9 Å². The smallest absolute Gasteiger partial charge is 0.324 e. The number of hydrogen-bond donors (Lipinski definition) is 1. The standard InChI is InChI=1S/C10H7ClFN3O/c11-6-3-1-2-4-8(6)16-10-14-5-7(12)9(13)15-10/h1-5H,(H2,13,14,15). The lowest BCUT2D eigenvalue weighted by atomic mass is 10.3. The third kappa shape index (κ3) is 2.20. The molecule has 82 valence electrons. The largest absolute Gasteiger partial charge is 0.423 e. The van der Waals surface area contributed by atoms with Crippen LogP contribution in [0, 0.1) is 5.82 Å². The van der Waals surface area contributed by atoms with Crippen molar-refractivity contribution in [2.75, 3.05) is 5.73 Å². The normalized spacial score (nSPS) is 10.1. The number of anilines is 1. The summed E-state index contributed by atoms with van der Waals surface area (Å²) in [6, 6.07) is 6.75. The van der Waals surface area contributed by atoms with Gasteiger partial charge < -0.3 is 10.5 Å². The van der Waals surface area contributed by atoms with E-state index in [0.29, 0.717) is 10.8 Å². The van der Waals surface area contributed by atoms with Crippen LogP contribution in [-0.2, 0) is 0 Å². The Morgan fingerprint density at radius 2 is 2.06 bits per heavy atom. The lowest BCUT2D eigenvalue weighted by Gasteiger charge is -2.05. The van der Waals surface area contributed by atoms with E-state index in [1.165, 1.54) is 0 Å². The molecule has 0 aliphatic heterocycles. The zero-order valence-corrected chi connectivity index (χ0v) is 8.78. The summed E-state index contributed by atoms with van der Waals surface area (Å²) in [6.07, 6.45) is 0.939. The van der Waals surface area contributed by atoms with Crippen LogP contribution in [0.3, 0.4) is 0 Å². The molecule has 0 saturated carbocycles. The van der Waals surface area contributed by atoms with E-state index in [9.17, 15) is 4.39 Å². The van der Waals surface area contributed by atoms with Crippen molar-refractivity contribution >= 4 is 17.4 Å². The summed E-state index contributed by atoms with van der Waals surface area (Å²) in [7, 11) is 0. The van der Waals surface area contributed by atoms with Crippen LogP contribution in [0.2, 0.25) is 5.02 Å². The van der Waals surface area contributed by atoms with Gasteiger partial charge in [0.05, 0.1) is 11.2 Å². The summed E-state index contributed by atoms with van der Waals surface area (Å²) in [5.74, 6) is -0.571. The number of nitrogens with zero attached hydrogens (tertiary/aromatic N) is 2. The third-order valence-corrected chi connectivity index (χ3v) is 2.10. The van der Waals surface area contributed by atoms with E-state index in [-0.39, 0.29) is 11.8 Å². The number of nitrogen functional groups attached to an aromatic ring is 1. The second-order valence-corrected chi connectivity index (χ2v) is 3.33. The first kappa shape index (κ1) is 10.6. The highest BCUT2D eigenvalue weighted by Crippen LogP contribution is 2.27. The van der Waals surface area contributed by atoms with Crippen molar-refractivity contribution in [3.63, 3.8) is 0 Å². The van der Waals surface area contributed by atoms with Crippen LogP contribution in [0.1, 0.15) is 0 Å². The molecule has 16 heavy (non-hydrogen) atoms. The van der Waals surface area contributed by atoms with Gasteiger partial charge in [-0.3, -0.25) is 0 Å². The van der Waals surface area contributed by atoms with Crippen LogP contribution < -0.4 is 10.5 Å². The molecule has 0 aliphatic carbocycles. The molecule has 2 rings (SSSR count). The second kappa shape index (κ2) is 4.32. The molecule has 0 atom stereocenters. The molecule has 0 spiro atoms. The predicted octanol–water partition coefficient (Wildman–Crippen LogP) is 2.64. The van der Waals surface area contributed by atoms with Gasteiger partial charge >= 0.3 is 6.01 Å². The van der Waals surface area contributed by atoms with E-state index in [2.05, 4.69) is 9.97 Å². The average Bonchev–Trinajstić information content (AvgIpc) is 2.27. The average molecular weight is 240 g/mol. The number of nitrogens with two attached hydrogens (primary N) is 1. The molecular formula is C10H7ClFN3O. The molecule has 0 unspecified atom stereocenters. The lowest BCUT2D eigenvalue weighted by Crippen LogP contribution is -1.99. The second-order valence-electron chi connectivity index (χ2n) is 2.92. The minimum absolute atomic E-state index is 0.0491. The van der Waals surface area contributed by atoms with Crippen molar-refractivity contribution < 1.29 is 9.13 Å². The molecule has 1 aromatic carbocycles. The van der Waals surface area contributed by atoms with E-state index >= 15 is 0 Å². The summed E-state index contributed by atoms with van der Waals surface area (Å²) in [5.41, 5.74) is 5.27. The minimum atomic E-state index is -0.688. The minimum Gasteiger partial charge on any atom is -0.423 e. The highest BCUT2D eigenvalue weighted by atomic mass is 35.5. The first-order valence-corrected chi connectivity index (χ1v) is 4.75. The zero-order valence-electron chi connectivity index (χ0n) is 8.02. The van der Waals surface area contributed by atoms with E-state index in [4.69, 9.17) is 22.1 Å². The zero-order chi connectivity index (χ0) is 11.5. The van der Waals surface area contributed by atoms with Crippen molar-refractivity contribution in [2.45, 2.75) is 0 Å². The van der Waals surface area contributed by atoms with Crippen LogP contribution >= 0.6 is 11.6 Å². The molecule has 0 amide bonds. The number of hydrogen-bond acceptors (Lipinski definition) is 4. The molecule has 0 radical (unpaired) electrons. The van der Waals surface area contributed by atoms with E-state index in [1.807, 2.05) is 0 Å². The summed E-state index contributed by atoms with van der Waals surface area (Å²) in [4.78, 5) is 7.25. The molecule has 0 aliphatic rings. The van der Waals surface area contributed by atoms with Gasteiger partial charge in [0.1, 0.15) is 5.75 Å². The Kier molecular flexibility index (Phi) is 2.87. The van der Waals surface area contributed by atoms with Gasteiger partial charge in [-0.1, -0.05) is 23.7 Å². The summed E-state index contributed by atoms with van der Waals surface area (Å²) in [5, 5.41) is 0.411. The van der Waals surface area contributed by atoms with Gasteiger partial charge in [-0.05, 0) is 12.1 Å². The van der Waals surface area contributed by atoms with Crippen LogP contribution in [0.25, 0.3) is 0 Å². The molecule has 2 N–H and O–H groups in total. The molecule has 1 heterocycles. The van der Waals surface area contributed by atoms with Crippen molar-refractivity contribution in [1.82, 2.24) is 9.97 Å². The highest BCUT2D eigenvalue weighted by molar-refractivity contribution is 6.32. The van der Waals surface area contributed by atoms with Crippen molar-refractivity contribution in [1.29, 1.82) is 0 Å². The molecule has 0 fully saturated rings. The maximum Gasteiger partial charge on any atom is 0.324 e. The predicted molar refractivity (Wildman–Crippen MR) is 57.9 cm³/mol. The van der Waals surface area contributed by atoms with Gasteiger partial charge in [-0.25, -0.2) is 9.37 Å². The van der Waals surface area contributed by atoms with Gasteiger partial charge in [0.2, 0.25) is 0 Å². The fraction of sp³-hybridized carbons (Fsp3) is 0. The number of ether oxygens (including phenoxy) is 1. The first-order valence-electron chi connectivity index (χ1n) is 4.37. The van der Waals surface area contributed by atoms with Gasteiger partial charge in [0.25, 0.3) is 0 Å². The Bertz CT molecular complexity index is 521. The maximum atomic E-state index is 12.8. The fourth-order valence-electron chi connectivity index (χ4n) is 1.04. The van der Waals surface area contributed by atoms with Crippen molar-refractivity contribution in [2.24, 2.45) is 0 Å². The number of rotatable bonds is 2. The number of benzene rings is 1. The van der Waals surface area contributed by atoms with Crippen LogP contribution in [-0.4, -0.2) is 9.97 Å². The van der Waals surface area contributed by atoms with E-state index < -0.39 is 5.82 Å². The Morgan fingerprint density at radius 1 is 1.31 bits per heavy atom. The molecule has 2 aromatic rings. The van der Waals surface area contributed by atoms with Crippen molar-refractivity contribution in [3.05, 3.63) is 41.3 Å². The summed E-state index contributed by atoms with van der Waals surface area (Å²) in [6.45, 7) is 0. The van der Waals surface area contributed by atoms with Crippen LogP contribution in [0.5, 0.6) is 11.8 Å². The molecule has 0 saturated heterocycles. The Hall–Kier alpha value is -1.88. The van der Waals surface area contributed by atoms with Crippen LogP contribution in [0.15, 0.2) is 30.5 Å². The highest BCUT2D eigenvalue weighted by Gasteiger charge is 2.07. The van der Waals surface area contributed by atoms with Gasteiger partial charge in [0.15, 0.2) is 11.6 Å². The van der Waals surface area contributed by atoms with E-state index in [1.54, 1.807) is 24.3 Å². The summed E-state index contributed by atoms with van der Waals surface area (Å²) >= 11 is 5.86. The molecule has 1 aromatic heterocycles. The van der Waals surface area contributed by atoms with E-state index in [0.717, 1.165) is 6.20 Å². The van der Waals surface area contributed by atoms with Crippen LogP contribution in [0.4, 0.5) is 10.2 Å². The van der Waals surface area contributed by atoms with Gasteiger partial charge in [-0.15, -0.1) is 0 Å². The lowest BCUT2D eigenvalue weighted by molar-refractivity contribution is 0.438. The van der Waals surface area contributed by atoms with Crippen molar-refractivity contribution in [3.8, 4) is 11.8 Å². The molecule has 4 nitrogen and oxygen atoms in total. The van der Waals surface area contributed by atoms with Gasteiger partial charge in [-0.2, -0.15) is 4.98 Å². The molecular weight excluding hydrogens is 233 g/mol.